The molecule has 0 aliphatic heterocycles. The molecule has 0 saturated heterocycles. The second-order valence-electron chi connectivity index (χ2n) is 3.97. The van der Waals surface area contributed by atoms with Crippen LogP contribution in [-0.4, -0.2) is 18.4 Å². The van der Waals surface area contributed by atoms with Gasteiger partial charge in [-0.2, -0.15) is 0 Å². The molecule has 0 aromatic carbocycles. The maximum Gasteiger partial charge on any atom is 0.133 e. The Labute approximate surface area is 81.1 Å². The van der Waals surface area contributed by atoms with E-state index in [-0.39, 0.29) is 0 Å². The van der Waals surface area contributed by atoms with Gasteiger partial charge in [-0.15, -0.1) is 0 Å². The molecular formula is C11H21NO. The first-order valence-corrected chi connectivity index (χ1v) is 5.58. The fourth-order valence-corrected chi connectivity index (χ4v) is 1.83. The van der Waals surface area contributed by atoms with E-state index in [4.69, 9.17) is 0 Å². The summed E-state index contributed by atoms with van der Waals surface area (Å²) < 4.78 is 0. The second-order valence-corrected chi connectivity index (χ2v) is 3.97. The molecule has 0 aromatic rings. The maximum absolute atomic E-state index is 11.0. The van der Waals surface area contributed by atoms with Crippen molar-refractivity contribution in [3.05, 3.63) is 0 Å². The lowest BCUT2D eigenvalue weighted by Gasteiger charge is -2.22. The van der Waals surface area contributed by atoms with Crippen molar-refractivity contribution in [3.63, 3.8) is 0 Å². The molecule has 0 amide bonds. The number of rotatable bonds is 5. The van der Waals surface area contributed by atoms with Crippen LogP contribution in [0.4, 0.5) is 0 Å². The van der Waals surface area contributed by atoms with Gasteiger partial charge in [0.05, 0.1) is 0 Å². The van der Waals surface area contributed by atoms with E-state index in [9.17, 15) is 4.79 Å². The highest BCUT2D eigenvalue weighted by atomic mass is 16.1. The monoisotopic (exact) mass is 183 g/mol. The molecule has 76 valence electrons. The topological polar surface area (TPSA) is 29.1 Å². The molecular weight excluding hydrogens is 162 g/mol. The van der Waals surface area contributed by atoms with Crippen LogP contribution in [0.1, 0.15) is 51.9 Å². The molecule has 2 heteroatoms. The van der Waals surface area contributed by atoms with Crippen molar-refractivity contribution in [1.29, 1.82) is 0 Å². The highest BCUT2D eigenvalue weighted by molar-refractivity contribution is 5.79. The van der Waals surface area contributed by atoms with Crippen LogP contribution in [-0.2, 0) is 4.79 Å². The molecule has 1 rings (SSSR count). The van der Waals surface area contributed by atoms with Crippen LogP contribution in [0.2, 0.25) is 0 Å². The van der Waals surface area contributed by atoms with Gasteiger partial charge in [0.25, 0.3) is 0 Å². The molecule has 1 aliphatic rings. The predicted molar refractivity (Wildman–Crippen MR) is 54.8 cm³/mol. The number of carbonyl (C=O) groups is 1. The van der Waals surface area contributed by atoms with Gasteiger partial charge < -0.3 is 5.32 Å². The SMILES string of the molecule is CCCCCNC1CCC(=O)CC1. The van der Waals surface area contributed by atoms with Crippen molar-refractivity contribution in [2.45, 2.75) is 57.9 Å². The van der Waals surface area contributed by atoms with Gasteiger partial charge in [0, 0.05) is 18.9 Å². The van der Waals surface area contributed by atoms with Crippen LogP contribution >= 0.6 is 0 Å². The summed E-state index contributed by atoms with van der Waals surface area (Å²) in [6.07, 6.45) is 7.59. The molecule has 0 aromatic heterocycles. The van der Waals surface area contributed by atoms with Crippen LogP contribution < -0.4 is 5.32 Å². The Morgan fingerprint density at radius 3 is 2.62 bits per heavy atom. The molecule has 1 saturated carbocycles. The fraction of sp³-hybridized carbons (Fsp3) is 0.909. The van der Waals surface area contributed by atoms with Crippen molar-refractivity contribution in [3.8, 4) is 0 Å². The molecule has 1 fully saturated rings. The van der Waals surface area contributed by atoms with Gasteiger partial charge >= 0.3 is 0 Å². The van der Waals surface area contributed by atoms with Crippen molar-refractivity contribution in [2.75, 3.05) is 6.54 Å². The van der Waals surface area contributed by atoms with E-state index in [1.54, 1.807) is 0 Å². The molecule has 1 aliphatic carbocycles. The second kappa shape index (κ2) is 6.14. The van der Waals surface area contributed by atoms with E-state index < -0.39 is 0 Å². The van der Waals surface area contributed by atoms with E-state index in [2.05, 4.69) is 12.2 Å². The molecule has 13 heavy (non-hydrogen) atoms. The highest BCUT2D eigenvalue weighted by Crippen LogP contribution is 2.14. The minimum absolute atomic E-state index is 0.451. The Morgan fingerprint density at radius 2 is 2.00 bits per heavy atom. The zero-order valence-electron chi connectivity index (χ0n) is 8.64. The average molecular weight is 183 g/mol. The summed E-state index contributed by atoms with van der Waals surface area (Å²) in [5.41, 5.74) is 0. The quantitative estimate of drug-likeness (QED) is 0.662. The van der Waals surface area contributed by atoms with E-state index in [0.29, 0.717) is 11.8 Å². The van der Waals surface area contributed by atoms with Gasteiger partial charge in [-0.1, -0.05) is 19.8 Å². The summed E-state index contributed by atoms with van der Waals surface area (Å²) in [6, 6.07) is 0.620. The van der Waals surface area contributed by atoms with Gasteiger partial charge in [-0.3, -0.25) is 4.79 Å². The summed E-state index contributed by atoms with van der Waals surface area (Å²) in [6.45, 7) is 3.35. The summed E-state index contributed by atoms with van der Waals surface area (Å²) in [7, 11) is 0. The third-order valence-electron chi connectivity index (χ3n) is 2.76. The van der Waals surface area contributed by atoms with Crippen molar-refractivity contribution in [1.82, 2.24) is 5.32 Å². The van der Waals surface area contributed by atoms with Crippen LogP contribution in [0.5, 0.6) is 0 Å². The van der Waals surface area contributed by atoms with Gasteiger partial charge in [0.1, 0.15) is 5.78 Å². The third-order valence-corrected chi connectivity index (χ3v) is 2.76. The summed E-state index contributed by atoms with van der Waals surface area (Å²) in [4.78, 5) is 11.0. The number of unbranched alkanes of at least 4 members (excludes halogenated alkanes) is 2. The normalized spacial score (nSPS) is 19.3. The summed E-state index contributed by atoms with van der Waals surface area (Å²) in [5, 5.41) is 3.52. The van der Waals surface area contributed by atoms with Crippen molar-refractivity contribution >= 4 is 5.78 Å². The zero-order chi connectivity index (χ0) is 9.52. The van der Waals surface area contributed by atoms with Crippen LogP contribution in [0.25, 0.3) is 0 Å². The zero-order valence-corrected chi connectivity index (χ0v) is 8.64. The predicted octanol–water partition coefficient (Wildman–Crippen LogP) is 2.28. The van der Waals surface area contributed by atoms with E-state index in [1.165, 1.54) is 19.3 Å². The number of ketones is 1. The molecule has 2 nitrogen and oxygen atoms in total. The van der Waals surface area contributed by atoms with Crippen LogP contribution in [0, 0.1) is 0 Å². The van der Waals surface area contributed by atoms with E-state index >= 15 is 0 Å². The Kier molecular flexibility index (Phi) is 5.06. The van der Waals surface area contributed by atoms with Gasteiger partial charge in [-0.05, 0) is 25.8 Å². The minimum Gasteiger partial charge on any atom is -0.314 e. The number of nitrogens with one attached hydrogen (secondary N) is 1. The molecule has 0 atom stereocenters. The number of hydrogen-bond donors (Lipinski definition) is 1. The smallest absolute Gasteiger partial charge is 0.133 e. The van der Waals surface area contributed by atoms with Crippen LogP contribution in [0.3, 0.4) is 0 Å². The van der Waals surface area contributed by atoms with E-state index in [0.717, 1.165) is 32.2 Å². The third kappa shape index (κ3) is 4.41. The first-order valence-electron chi connectivity index (χ1n) is 5.58. The van der Waals surface area contributed by atoms with Crippen molar-refractivity contribution < 1.29 is 4.79 Å². The molecule has 0 radical (unpaired) electrons. The lowest BCUT2D eigenvalue weighted by molar-refractivity contribution is -0.120. The highest BCUT2D eigenvalue weighted by Gasteiger charge is 2.17. The molecule has 0 spiro atoms. The fourth-order valence-electron chi connectivity index (χ4n) is 1.83. The standard InChI is InChI=1S/C11H21NO/c1-2-3-4-9-12-10-5-7-11(13)8-6-10/h10,12H,2-9H2,1H3. The Bertz CT molecular complexity index is 146. The van der Waals surface area contributed by atoms with Gasteiger partial charge in [0.15, 0.2) is 0 Å². The molecule has 0 heterocycles. The van der Waals surface area contributed by atoms with E-state index in [1.807, 2.05) is 0 Å². The Morgan fingerprint density at radius 1 is 1.31 bits per heavy atom. The minimum atomic E-state index is 0.451. The van der Waals surface area contributed by atoms with Crippen LogP contribution in [0.15, 0.2) is 0 Å². The Hall–Kier alpha value is -0.370. The van der Waals surface area contributed by atoms with Gasteiger partial charge in [-0.25, -0.2) is 0 Å². The average Bonchev–Trinajstić information content (AvgIpc) is 2.15. The number of hydrogen-bond acceptors (Lipinski definition) is 2. The van der Waals surface area contributed by atoms with Crippen molar-refractivity contribution in [2.24, 2.45) is 0 Å². The summed E-state index contributed by atoms with van der Waals surface area (Å²) >= 11 is 0. The largest absolute Gasteiger partial charge is 0.314 e. The lowest BCUT2D eigenvalue weighted by Crippen LogP contribution is -2.33. The summed E-state index contributed by atoms with van der Waals surface area (Å²) in [5.74, 6) is 0.451. The Balaban J connectivity index is 1.99. The maximum atomic E-state index is 11.0. The number of carbonyl (C=O) groups excluding carboxylic acids is 1. The molecule has 1 N–H and O–H groups in total. The molecule has 0 unspecified atom stereocenters. The first-order chi connectivity index (χ1) is 6.33. The van der Waals surface area contributed by atoms with Gasteiger partial charge in [0.2, 0.25) is 0 Å². The lowest BCUT2D eigenvalue weighted by atomic mass is 9.94. The number of Topliss-reactive ketones (excluding diaryl/α,β-unsaturated/α-hetero) is 1. The molecule has 0 bridgehead atoms. The first kappa shape index (κ1) is 10.7.